The number of aryl methyl sites for hydroxylation is 3. The molecule has 0 spiro atoms. The molecule has 0 aliphatic carbocycles. The highest BCUT2D eigenvalue weighted by Crippen LogP contribution is 2.21. The van der Waals surface area contributed by atoms with Gasteiger partial charge in [-0.1, -0.05) is 19.1 Å². The monoisotopic (exact) mass is 174 g/mol. The van der Waals surface area contributed by atoms with Gasteiger partial charge in [0.1, 0.15) is 0 Å². The first kappa shape index (κ1) is 8.30. The van der Waals surface area contributed by atoms with Gasteiger partial charge in [0.05, 0.1) is 11.2 Å². The lowest BCUT2D eigenvalue weighted by Crippen LogP contribution is -1.89. The summed E-state index contributed by atoms with van der Waals surface area (Å²) in [4.78, 5) is 0. The molecule has 2 aromatic rings. The van der Waals surface area contributed by atoms with E-state index in [9.17, 15) is 0 Å². The highest BCUT2D eigenvalue weighted by atomic mass is 15.3. The second-order valence-electron chi connectivity index (χ2n) is 3.37. The van der Waals surface area contributed by atoms with Gasteiger partial charge in [-0.05, 0) is 25.0 Å². The molecule has 0 amide bonds. The zero-order valence-electron chi connectivity index (χ0n) is 8.33. The fraction of sp³-hybridized carbons (Fsp3) is 0.364. The molecule has 2 nitrogen and oxygen atoms in total. The van der Waals surface area contributed by atoms with Gasteiger partial charge in [0.25, 0.3) is 0 Å². The van der Waals surface area contributed by atoms with E-state index in [1.165, 1.54) is 16.5 Å². The maximum Gasteiger partial charge on any atom is 0.0684 e. The van der Waals surface area contributed by atoms with E-state index < -0.39 is 0 Å². The second-order valence-corrected chi connectivity index (χ2v) is 3.37. The van der Waals surface area contributed by atoms with Gasteiger partial charge in [-0.3, -0.25) is 4.68 Å². The molecule has 2 rings (SSSR count). The van der Waals surface area contributed by atoms with Crippen LogP contribution in [-0.2, 0) is 13.5 Å². The van der Waals surface area contributed by atoms with E-state index in [2.05, 4.69) is 37.1 Å². The standard InChI is InChI=1S/C11H14N2/c1-4-9-6-5-7-10-11(9)8(2)12-13(10)3/h5-7H,4H2,1-3H3. The summed E-state index contributed by atoms with van der Waals surface area (Å²) in [5, 5.41) is 5.74. The van der Waals surface area contributed by atoms with Crippen LogP contribution in [0.15, 0.2) is 18.2 Å². The van der Waals surface area contributed by atoms with E-state index >= 15 is 0 Å². The van der Waals surface area contributed by atoms with Crippen LogP contribution in [0.25, 0.3) is 10.9 Å². The lowest BCUT2D eigenvalue weighted by Gasteiger charge is -1.99. The van der Waals surface area contributed by atoms with E-state index in [4.69, 9.17) is 0 Å². The molecule has 0 atom stereocenters. The Labute approximate surface area is 78.2 Å². The highest BCUT2D eigenvalue weighted by Gasteiger charge is 2.06. The fourth-order valence-corrected chi connectivity index (χ4v) is 1.90. The first-order chi connectivity index (χ1) is 6.24. The van der Waals surface area contributed by atoms with Crippen LogP contribution < -0.4 is 0 Å². The minimum absolute atomic E-state index is 1.07. The lowest BCUT2D eigenvalue weighted by molar-refractivity contribution is 0.783. The molecule has 1 aromatic heterocycles. The maximum absolute atomic E-state index is 4.42. The molecular weight excluding hydrogens is 160 g/mol. The van der Waals surface area contributed by atoms with Gasteiger partial charge in [-0.2, -0.15) is 5.10 Å². The second kappa shape index (κ2) is 2.87. The summed E-state index contributed by atoms with van der Waals surface area (Å²) in [6, 6.07) is 6.40. The van der Waals surface area contributed by atoms with Crippen molar-refractivity contribution in [3.8, 4) is 0 Å². The summed E-state index contributed by atoms with van der Waals surface area (Å²) < 4.78 is 1.95. The van der Waals surface area contributed by atoms with Gasteiger partial charge in [0.2, 0.25) is 0 Å². The molecule has 0 saturated carbocycles. The Kier molecular flexibility index (Phi) is 1.83. The Balaban J connectivity index is 2.88. The molecule has 0 aliphatic heterocycles. The Morgan fingerprint density at radius 3 is 2.85 bits per heavy atom. The van der Waals surface area contributed by atoms with Gasteiger partial charge in [0, 0.05) is 12.4 Å². The molecule has 0 fully saturated rings. The van der Waals surface area contributed by atoms with Crippen LogP contribution in [0.1, 0.15) is 18.2 Å². The molecule has 0 N–H and O–H groups in total. The Morgan fingerprint density at radius 2 is 2.15 bits per heavy atom. The van der Waals surface area contributed by atoms with Gasteiger partial charge in [0.15, 0.2) is 0 Å². The smallest absolute Gasteiger partial charge is 0.0684 e. The van der Waals surface area contributed by atoms with E-state index in [1.54, 1.807) is 0 Å². The normalized spacial score (nSPS) is 11.0. The molecule has 0 aliphatic rings. The SMILES string of the molecule is CCc1cccc2c1c(C)nn2C. The molecule has 13 heavy (non-hydrogen) atoms. The first-order valence-corrected chi connectivity index (χ1v) is 4.65. The van der Waals surface area contributed by atoms with Crippen molar-refractivity contribution >= 4 is 10.9 Å². The summed E-state index contributed by atoms with van der Waals surface area (Å²) in [5.74, 6) is 0. The molecule has 0 unspecified atom stereocenters. The summed E-state index contributed by atoms with van der Waals surface area (Å²) in [5.41, 5.74) is 3.76. The summed E-state index contributed by atoms with van der Waals surface area (Å²) in [7, 11) is 1.99. The number of hydrogen-bond donors (Lipinski definition) is 0. The molecule has 2 heteroatoms. The minimum atomic E-state index is 1.07. The van der Waals surface area contributed by atoms with Crippen LogP contribution in [0.2, 0.25) is 0 Å². The Hall–Kier alpha value is -1.31. The van der Waals surface area contributed by atoms with E-state index in [-0.39, 0.29) is 0 Å². The van der Waals surface area contributed by atoms with Crippen LogP contribution in [0.5, 0.6) is 0 Å². The van der Waals surface area contributed by atoms with Crippen molar-refractivity contribution in [2.45, 2.75) is 20.3 Å². The van der Waals surface area contributed by atoms with Crippen LogP contribution in [0.3, 0.4) is 0 Å². The molecule has 0 saturated heterocycles. The van der Waals surface area contributed by atoms with Crippen molar-refractivity contribution in [3.05, 3.63) is 29.5 Å². The lowest BCUT2D eigenvalue weighted by atomic mass is 10.1. The average molecular weight is 174 g/mol. The van der Waals surface area contributed by atoms with Crippen molar-refractivity contribution in [3.63, 3.8) is 0 Å². The van der Waals surface area contributed by atoms with Crippen molar-refractivity contribution in [1.29, 1.82) is 0 Å². The van der Waals surface area contributed by atoms with Crippen LogP contribution in [0, 0.1) is 6.92 Å². The van der Waals surface area contributed by atoms with Crippen molar-refractivity contribution < 1.29 is 0 Å². The maximum atomic E-state index is 4.42. The number of benzene rings is 1. The zero-order chi connectivity index (χ0) is 9.42. The zero-order valence-corrected chi connectivity index (χ0v) is 8.33. The highest BCUT2D eigenvalue weighted by molar-refractivity contribution is 5.85. The third kappa shape index (κ3) is 1.13. The van der Waals surface area contributed by atoms with Crippen LogP contribution in [-0.4, -0.2) is 9.78 Å². The predicted octanol–water partition coefficient (Wildman–Crippen LogP) is 2.44. The number of rotatable bonds is 1. The molecule has 1 heterocycles. The molecule has 68 valence electrons. The van der Waals surface area contributed by atoms with Gasteiger partial charge < -0.3 is 0 Å². The fourth-order valence-electron chi connectivity index (χ4n) is 1.90. The molecule has 1 aromatic carbocycles. The van der Waals surface area contributed by atoms with Crippen molar-refractivity contribution in [2.75, 3.05) is 0 Å². The van der Waals surface area contributed by atoms with Crippen LogP contribution in [0.4, 0.5) is 0 Å². The Morgan fingerprint density at radius 1 is 1.38 bits per heavy atom. The quantitative estimate of drug-likeness (QED) is 0.649. The van der Waals surface area contributed by atoms with E-state index in [0.717, 1.165) is 12.1 Å². The van der Waals surface area contributed by atoms with Gasteiger partial charge in [-0.25, -0.2) is 0 Å². The number of aromatic nitrogens is 2. The largest absolute Gasteiger partial charge is 0.268 e. The molecule has 0 bridgehead atoms. The van der Waals surface area contributed by atoms with E-state index in [1.807, 2.05) is 11.7 Å². The number of hydrogen-bond acceptors (Lipinski definition) is 1. The minimum Gasteiger partial charge on any atom is -0.268 e. The summed E-state index contributed by atoms with van der Waals surface area (Å²) in [6.07, 6.45) is 1.07. The van der Waals surface area contributed by atoms with E-state index in [0.29, 0.717) is 0 Å². The first-order valence-electron chi connectivity index (χ1n) is 4.65. The predicted molar refractivity (Wildman–Crippen MR) is 54.8 cm³/mol. The topological polar surface area (TPSA) is 17.8 Å². The van der Waals surface area contributed by atoms with Gasteiger partial charge in [-0.15, -0.1) is 0 Å². The van der Waals surface area contributed by atoms with Crippen molar-refractivity contribution in [2.24, 2.45) is 7.05 Å². The third-order valence-electron chi connectivity index (χ3n) is 2.52. The summed E-state index contributed by atoms with van der Waals surface area (Å²) in [6.45, 7) is 4.25. The number of nitrogens with zero attached hydrogens (tertiary/aromatic N) is 2. The number of fused-ring (bicyclic) bond motifs is 1. The van der Waals surface area contributed by atoms with Crippen LogP contribution >= 0.6 is 0 Å². The van der Waals surface area contributed by atoms with Gasteiger partial charge >= 0.3 is 0 Å². The molecule has 0 radical (unpaired) electrons. The average Bonchev–Trinajstić information content (AvgIpc) is 2.43. The third-order valence-corrected chi connectivity index (χ3v) is 2.52. The summed E-state index contributed by atoms with van der Waals surface area (Å²) >= 11 is 0. The van der Waals surface area contributed by atoms with Crippen molar-refractivity contribution in [1.82, 2.24) is 9.78 Å². The Bertz CT molecular complexity index is 441. The molecular formula is C11H14N2.